The number of aromatic amines is 1. The number of hydrogen-bond donors (Lipinski definition) is 1. The molecule has 5 nitrogen and oxygen atoms in total. The Bertz CT molecular complexity index is 1310. The van der Waals surface area contributed by atoms with E-state index in [9.17, 15) is 4.79 Å². The fourth-order valence-electron chi connectivity index (χ4n) is 5.17. The van der Waals surface area contributed by atoms with Crippen molar-refractivity contribution in [2.75, 3.05) is 13.1 Å². The van der Waals surface area contributed by atoms with Gasteiger partial charge in [0.25, 0.3) is 5.56 Å². The van der Waals surface area contributed by atoms with Gasteiger partial charge in [0.1, 0.15) is 12.4 Å². The number of hydrogen-bond acceptors (Lipinski definition) is 3. The van der Waals surface area contributed by atoms with E-state index in [0.29, 0.717) is 18.4 Å². The van der Waals surface area contributed by atoms with Gasteiger partial charge in [0.2, 0.25) is 0 Å². The van der Waals surface area contributed by atoms with Crippen molar-refractivity contribution in [3.63, 3.8) is 0 Å². The van der Waals surface area contributed by atoms with Gasteiger partial charge in [0.15, 0.2) is 0 Å². The molecule has 0 aliphatic carbocycles. The average molecular weight is 448 g/mol. The first kappa shape index (κ1) is 20.9. The quantitative estimate of drug-likeness (QED) is 0.478. The molecule has 0 bridgehead atoms. The first-order valence-electron chi connectivity index (χ1n) is 11.0. The summed E-state index contributed by atoms with van der Waals surface area (Å²) >= 11 is 0. The minimum absolute atomic E-state index is 0. The third kappa shape index (κ3) is 3.61. The SMILES string of the molecule is Cl.O=c1cc(OCc2ccccc2)ccn1-c1ccc2c3c([nH]c2c1)CCN1CCCC31. The predicted molar refractivity (Wildman–Crippen MR) is 129 cm³/mol. The predicted octanol–water partition coefficient (Wildman–Crippen LogP) is 5.01. The summed E-state index contributed by atoms with van der Waals surface area (Å²) in [7, 11) is 0. The average Bonchev–Trinajstić information content (AvgIpc) is 3.42. The molecular weight excluding hydrogens is 422 g/mol. The van der Waals surface area contributed by atoms with E-state index in [1.807, 2.05) is 36.4 Å². The van der Waals surface area contributed by atoms with Crippen molar-refractivity contribution in [1.29, 1.82) is 0 Å². The van der Waals surface area contributed by atoms with Crippen LogP contribution in [0.25, 0.3) is 16.6 Å². The Balaban J connectivity index is 0.00000216. The smallest absolute Gasteiger partial charge is 0.258 e. The molecule has 6 heteroatoms. The summed E-state index contributed by atoms with van der Waals surface area (Å²) in [6.07, 6.45) is 5.39. The van der Waals surface area contributed by atoms with Gasteiger partial charge in [-0.05, 0) is 48.7 Å². The summed E-state index contributed by atoms with van der Waals surface area (Å²) < 4.78 is 7.48. The van der Waals surface area contributed by atoms with E-state index in [1.54, 1.807) is 16.8 Å². The van der Waals surface area contributed by atoms with Crippen molar-refractivity contribution in [2.24, 2.45) is 0 Å². The topological polar surface area (TPSA) is 50.3 Å². The van der Waals surface area contributed by atoms with Crippen LogP contribution < -0.4 is 10.3 Å². The normalized spacial score (nSPS) is 17.6. The van der Waals surface area contributed by atoms with Crippen LogP contribution in [0.5, 0.6) is 5.75 Å². The monoisotopic (exact) mass is 447 g/mol. The maximum Gasteiger partial charge on any atom is 0.258 e. The Hall–Kier alpha value is -3.02. The second kappa shape index (κ2) is 8.49. The number of fused-ring (bicyclic) bond motifs is 5. The summed E-state index contributed by atoms with van der Waals surface area (Å²) in [5, 5.41) is 1.30. The van der Waals surface area contributed by atoms with Gasteiger partial charge in [-0.15, -0.1) is 12.4 Å². The highest BCUT2D eigenvalue weighted by Gasteiger charge is 2.33. The third-order valence-corrected chi connectivity index (χ3v) is 6.67. The molecule has 4 heterocycles. The number of rotatable bonds is 4. The molecule has 4 aromatic rings. The van der Waals surface area contributed by atoms with Crippen LogP contribution in [-0.4, -0.2) is 27.5 Å². The van der Waals surface area contributed by atoms with Crippen molar-refractivity contribution in [1.82, 2.24) is 14.5 Å². The van der Waals surface area contributed by atoms with Crippen LogP contribution in [-0.2, 0) is 13.0 Å². The van der Waals surface area contributed by atoms with Gasteiger partial charge < -0.3 is 9.72 Å². The van der Waals surface area contributed by atoms with Crippen molar-refractivity contribution in [2.45, 2.75) is 31.9 Å². The van der Waals surface area contributed by atoms with Gasteiger partial charge in [0.05, 0.1) is 5.69 Å². The van der Waals surface area contributed by atoms with Crippen LogP contribution in [0.3, 0.4) is 0 Å². The van der Waals surface area contributed by atoms with Crippen LogP contribution in [0.2, 0.25) is 0 Å². The van der Waals surface area contributed by atoms with Crippen LogP contribution in [0.15, 0.2) is 71.7 Å². The van der Waals surface area contributed by atoms with E-state index in [2.05, 4.69) is 28.1 Å². The van der Waals surface area contributed by atoms with Gasteiger partial charge >= 0.3 is 0 Å². The Morgan fingerprint density at radius 3 is 2.75 bits per heavy atom. The van der Waals surface area contributed by atoms with Crippen molar-refractivity contribution in [3.05, 3.63) is 94.0 Å². The Morgan fingerprint density at radius 2 is 1.91 bits per heavy atom. The molecule has 32 heavy (non-hydrogen) atoms. The zero-order valence-corrected chi connectivity index (χ0v) is 18.6. The maximum atomic E-state index is 12.8. The number of H-pyrrole nitrogens is 1. The molecule has 6 rings (SSSR count). The summed E-state index contributed by atoms with van der Waals surface area (Å²) in [6.45, 7) is 2.80. The fraction of sp³-hybridized carbons (Fsp3) is 0.269. The molecule has 1 saturated heterocycles. The minimum atomic E-state index is -0.0943. The van der Waals surface area contributed by atoms with Gasteiger partial charge in [-0.3, -0.25) is 14.3 Å². The zero-order chi connectivity index (χ0) is 20.8. The number of nitrogens with one attached hydrogen (secondary N) is 1. The lowest BCUT2D eigenvalue weighted by Gasteiger charge is -2.29. The number of pyridine rings is 1. The van der Waals surface area contributed by atoms with Gasteiger partial charge in [-0.2, -0.15) is 0 Å². The third-order valence-electron chi connectivity index (χ3n) is 6.67. The van der Waals surface area contributed by atoms with E-state index in [1.165, 1.54) is 36.0 Å². The zero-order valence-electron chi connectivity index (χ0n) is 17.8. The molecule has 0 spiro atoms. The van der Waals surface area contributed by atoms with Crippen molar-refractivity contribution >= 4 is 23.3 Å². The highest BCUT2D eigenvalue weighted by Crippen LogP contribution is 2.41. The molecule has 0 radical (unpaired) electrons. The van der Waals surface area contributed by atoms with E-state index in [4.69, 9.17) is 4.74 Å². The molecule has 0 saturated carbocycles. The lowest BCUT2D eigenvalue weighted by molar-refractivity contribution is 0.244. The molecule has 1 atom stereocenters. The lowest BCUT2D eigenvalue weighted by atomic mass is 9.96. The molecule has 2 aromatic heterocycles. The molecule has 2 aromatic carbocycles. The first-order valence-corrected chi connectivity index (χ1v) is 11.0. The lowest BCUT2D eigenvalue weighted by Crippen LogP contribution is -2.30. The Morgan fingerprint density at radius 1 is 1.03 bits per heavy atom. The first-order chi connectivity index (χ1) is 15.3. The summed E-state index contributed by atoms with van der Waals surface area (Å²) in [6, 6.07) is 20.2. The molecule has 1 unspecified atom stereocenters. The summed E-state index contributed by atoms with van der Waals surface area (Å²) in [5.41, 5.74) is 5.81. The van der Waals surface area contributed by atoms with E-state index in [0.717, 1.165) is 29.7 Å². The number of aromatic nitrogens is 2. The minimum Gasteiger partial charge on any atom is -0.489 e. The van der Waals surface area contributed by atoms with Crippen molar-refractivity contribution < 1.29 is 4.74 Å². The number of halogens is 1. The molecule has 1 fully saturated rings. The second-order valence-corrected chi connectivity index (χ2v) is 8.54. The van der Waals surface area contributed by atoms with E-state index < -0.39 is 0 Å². The maximum absolute atomic E-state index is 12.8. The molecule has 2 aliphatic rings. The number of benzene rings is 2. The van der Waals surface area contributed by atoms with Gasteiger partial charge in [-0.1, -0.05) is 36.4 Å². The molecular formula is C26H26ClN3O2. The Labute approximate surface area is 193 Å². The van der Waals surface area contributed by atoms with Crippen LogP contribution >= 0.6 is 12.4 Å². The molecule has 2 aliphatic heterocycles. The van der Waals surface area contributed by atoms with Crippen LogP contribution in [0, 0.1) is 0 Å². The van der Waals surface area contributed by atoms with E-state index >= 15 is 0 Å². The van der Waals surface area contributed by atoms with Gasteiger partial charge in [0, 0.05) is 47.9 Å². The number of nitrogens with zero attached hydrogens (tertiary/aromatic N) is 2. The largest absolute Gasteiger partial charge is 0.489 e. The highest BCUT2D eigenvalue weighted by atomic mass is 35.5. The molecule has 1 N–H and O–H groups in total. The summed E-state index contributed by atoms with van der Waals surface area (Å²) in [4.78, 5) is 19.1. The molecule has 164 valence electrons. The van der Waals surface area contributed by atoms with Crippen LogP contribution in [0.1, 0.15) is 35.7 Å². The van der Waals surface area contributed by atoms with Gasteiger partial charge in [-0.25, -0.2) is 0 Å². The van der Waals surface area contributed by atoms with Crippen LogP contribution in [0.4, 0.5) is 0 Å². The fourth-order valence-corrected chi connectivity index (χ4v) is 5.17. The highest BCUT2D eigenvalue weighted by molar-refractivity contribution is 5.87. The van der Waals surface area contributed by atoms with Crippen molar-refractivity contribution in [3.8, 4) is 11.4 Å². The second-order valence-electron chi connectivity index (χ2n) is 8.54. The number of ether oxygens (including phenoxy) is 1. The standard InChI is InChI=1S/C26H25N3O2.ClH/c30-25-16-20(31-17-18-5-2-1-3-6-18)10-14-29(25)19-8-9-21-23(15-19)27-22-11-13-28-12-4-7-24(28)26(21)22;/h1-3,5-6,8-10,14-16,24,27H,4,7,11-13,17H2;1H. The molecule has 0 amide bonds. The summed E-state index contributed by atoms with van der Waals surface area (Å²) in [5.74, 6) is 0.586. The Kier molecular flexibility index (Phi) is 5.53. The van der Waals surface area contributed by atoms with E-state index in [-0.39, 0.29) is 18.0 Å².